The van der Waals surface area contributed by atoms with Crippen molar-refractivity contribution in [2.75, 3.05) is 29.5 Å². The molecule has 0 radical (unpaired) electrons. The fraction of sp³-hybridized carbons (Fsp3) is 0.400. The lowest BCUT2D eigenvalue weighted by molar-refractivity contribution is 0.559. The predicted molar refractivity (Wildman–Crippen MR) is 145 cm³/mol. The topological polar surface area (TPSA) is 92.5 Å². The average molecular weight is 513 g/mol. The molecule has 1 aromatic carbocycles. The summed E-state index contributed by atoms with van der Waals surface area (Å²) >= 11 is 1.69. The van der Waals surface area contributed by atoms with Crippen LogP contribution in [0.25, 0.3) is 23.1 Å². The summed E-state index contributed by atoms with van der Waals surface area (Å²) in [5, 5.41) is 15.9. The van der Waals surface area contributed by atoms with Gasteiger partial charge in [0.05, 0.1) is 22.1 Å². The number of hydrogen-bond acceptors (Lipinski definition) is 7. The summed E-state index contributed by atoms with van der Waals surface area (Å²) in [6.45, 7) is 8.33. The van der Waals surface area contributed by atoms with Crippen LogP contribution in [0.4, 0.5) is 10.7 Å². The minimum absolute atomic E-state index is 0.0741. The number of fused-ring (bicyclic) bond motifs is 1. The first-order valence-electron chi connectivity index (χ1n) is 11.6. The Morgan fingerprint density at radius 3 is 2.51 bits per heavy atom. The fourth-order valence-corrected chi connectivity index (χ4v) is 5.94. The highest BCUT2D eigenvalue weighted by Crippen LogP contribution is 2.29. The van der Waals surface area contributed by atoms with E-state index in [-0.39, 0.29) is 11.2 Å². The number of anilines is 2. The Morgan fingerprint density at radius 1 is 1.11 bits per heavy atom. The molecule has 0 unspecified atom stereocenters. The number of rotatable bonds is 8. The van der Waals surface area contributed by atoms with E-state index < -0.39 is 10.0 Å². The molecule has 35 heavy (non-hydrogen) atoms. The van der Waals surface area contributed by atoms with Crippen LogP contribution >= 0.6 is 11.3 Å². The third kappa shape index (κ3) is 5.33. The van der Waals surface area contributed by atoms with Crippen LogP contribution < -0.4 is 14.8 Å². The van der Waals surface area contributed by atoms with Gasteiger partial charge in [0, 0.05) is 35.2 Å². The smallest absolute Gasteiger partial charge is 0.232 e. The molecule has 10 heteroatoms. The highest BCUT2D eigenvalue weighted by molar-refractivity contribution is 7.92. The summed E-state index contributed by atoms with van der Waals surface area (Å²) in [5.74, 6) is 0.573. The van der Waals surface area contributed by atoms with Gasteiger partial charge in [-0.25, -0.2) is 8.42 Å². The summed E-state index contributed by atoms with van der Waals surface area (Å²) in [6.07, 6.45) is 3.52. The van der Waals surface area contributed by atoms with Gasteiger partial charge in [0.15, 0.2) is 11.5 Å². The van der Waals surface area contributed by atoms with Gasteiger partial charge in [0.25, 0.3) is 0 Å². The molecule has 0 saturated carbocycles. The van der Waals surface area contributed by atoms with E-state index in [0.29, 0.717) is 29.1 Å². The van der Waals surface area contributed by atoms with Gasteiger partial charge >= 0.3 is 0 Å². The Hall–Kier alpha value is -2.98. The SMILES string of the molecule is CCCCS(=O)(=O)Nc1ccccc1-c1nnc2c(=Cc3ccc(N(C)C)s3)c(C(C)(C)C)nn12. The minimum Gasteiger partial charge on any atom is -0.370 e. The van der Waals surface area contributed by atoms with Gasteiger partial charge in [0.2, 0.25) is 10.0 Å². The predicted octanol–water partition coefficient (Wildman–Crippen LogP) is 4.31. The molecule has 3 aromatic heterocycles. The lowest BCUT2D eigenvalue weighted by Crippen LogP contribution is -2.22. The van der Waals surface area contributed by atoms with Crippen molar-refractivity contribution < 1.29 is 8.42 Å². The van der Waals surface area contributed by atoms with E-state index in [1.54, 1.807) is 28.0 Å². The van der Waals surface area contributed by atoms with Crippen molar-refractivity contribution in [2.45, 2.75) is 46.0 Å². The molecular weight excluding hydrogens is 480 g/mol. The maximum Gasteiger partial charge on any atom is 0.232 e. The second-order valence-electron chi connectivity index (χ2n) is 9.81. The molecule has 186 valence electrons. The van der Waals surface area contributed by atoms with Crippen molar-refractivity contribution in [1.82, 2.24) is 19.8 Å². The molecule has 3 heterocycles. The number of para-hydroxylation sites is 1. The molecule has 0 atom stereocenters. The van der Waals surface area contributed by atoms with E-state index >= 15 is 0 Å². The second kappa shape index (κ2) is 9.58. The number of aromatic nitrogens is 4. The number of unbranched alkanes of at least 4 members (excludes halogenated alkanes) is 1. The molecule has 0 fully saturated rings. The van der Waals surface area contributed by atoms with Crippen LogP contribution in [0.3, 0.4) is 0 Å². The van der Waals surface area contributed by atoms with Gasteiger partial charge in [-0.1, -0.05) is 46.2 Å². The molecular formula is C25H32N6O2S2. The molecule has 0 aliphatic carbocycles. The zero-order chi connectivity index (χ0) is 25.4. The molecule has 1 N–H and O–H groups in total. The molecule has 8 nitrogen and oxygen atoms in total. The van der Waals surface area contributed by atoms with Gasteiger partial charge in [0.1, 0.15) is 0 Å². The summed E-state index contributed by atoms with van der Waals surface area (Å²) in [4.78, 5) is 3.18. The first-order valence-corrected chi connectivity index (χ1v) is 14.1. The molecule has 0 bridgehead atoms. The minimum atomic E-state index is -3.47. The first kappa shape index (κ1) is 25.1. The molecule has 0 aliphatic heterocycles. The fourth-order valence-electron chi connectivity index (χ4n) is 3.78. The van der Waals surface area contributed by atoms with E-state index in [1.165, 1.54) is 0 Å². The highest BCUT2D eigenvalue weighted by atomic mass is 32.2. The largest absolute Gasteiger partial charge is 0.370 e. The van der Waals surface area contributed by atoms with E-state index in [0.717, 1.165) is 27.2 Å². The molecule has 0 spiro atoms. The summed E-state index contributed by atoms with van der Waals surface area (Å²) < 4.78 is 29.7. The van der Waals surface area contributed by atoms with Crippen LogP contribution in [0.15, 0.2) is 36.4 Å². The van der Waals surface area contributed by atoms with Crippen molar-refractivity contribution in [3.63, 3.8) is 0 Å². The highest BCUT2D eigenvalue weighted by Gasteiger charge is 2.25. The number of sulfonamides is 1. The van der Waals surface area contributed by atoms with Crippen molar-refractivity contribution >= 4 is 43.8 Å². The number of hydrogen-bond donors (Lipinski definition) is 1. The van der Waals surface area contributed by atoms with Crippen molar-refractivity contribution in [3.05, 3.63) is 52.2 Å². The summed E-state index contributed by atoms with van der Waals surface area (Å²) in [6, 6.07) is 11.4. The molecule has 4 aromatic rings. The van der Waals surface area contributed by atoms with Crippen LogP contribution in [0.2, 0.25) is 0 Å². The van der Waals surface area contributed by atoms with Gasteiger partial charge in [-0.15, -0.1) is 21.5 Å². The first-order chi connectivity index (χ1) is 16.5. The van der Waals surface area contributed by atoms with Crippen LogP contribution in [-0.2, 0) is 15.4 Å². The monoisotopic (exact) mass is 512 g/mol. The maximum absolute atomic E-state index is 12.6. The van der Waals surface area contributed by atoms with E-state index in [4.69, 9.17) is 5.10 Å². The summed E-state index contributed by atoms with van der Waals surface area (Å²) in [5.41, 5.74) is 2.43. The number of benzene rings is 1. The van der Waals surface area contributed by atoms with Gasteiger partial charge in [-0.05, 0) is 36.8 Å². The number of nitrogens with zero attached hydrogens (tertiary/aromatic N) is 5. The van der Waals surface area contributed by atoms with Crippen molar-refractivity contribution in [1.29, 1.82) is 0 Å². The average Bonchev–Trinajstić information content (AvgIpc) is 3.49. The van der Waals surface area contributed by atoms with E-state index in [9.17, 15) is 8.42 Å². The Kier molecular flexibility index (Phi) is 6.88. The molecule has 0 saturated heterocycles. The van der Waals surface area contributed by atoms with Crippen LogP contribution in [0.5, 0.6) is 0 Å². The molecule has 4 rings (SSSR count). The Bertz CT molecular complexity index is 1500. The Labute approximate surface area is 210 Å². The Balaban J connectivity index is 1.86. The van der Waals surface area contributed by atoms with Crippen LogP contribution in [-0.4, -0.2) is 48.1 Å². The molecule has 0 amide bonds. The van der Waals surface area contributed by atoms with Crippen LogP contribution in [0, 0.1) is 0 Å². The van der Waals surface area contributed by atoms with E-state index in [1.807, 2.05) is 33.2 Å². The van der Waals surface area contributed by atoms with Crippen LogP contribution in [0.1, 0.15) is 51.1 Å². The third-order valence-electron chi connectivity index (χ3n) is 5.59. The normalized spacial score (nSPS) is 13.0. The van der Waals surface area contributed by atoms with Crippen molar-refractivity contribution in [3.8, 4) is 11.4 Å². The van der Waals surface area contributed by atoms with Gasteiger partial charge in [-0.3, -0.25) is 4.72 Å². The van der Waals surface area contributed by atoms with Gasteiger partial charge in [-0.2, -0.15) is 9.61 Å². The maximum atomic E-state index is 12.6. The van der Waals surface area contributed by atoms with Gasteiger partial charge < -0.3 is 4.90 Å². The van der Waals surface area contributed by atoms with E-state index in [2.05, 4.69) is 58.8 Å². The molecule has 0 aliphatic rings. The quantitative estimate of drug-likeness (QED) is 0.378. The number of nitrogens with one attached hydrogen (secondary N) is 1. The summed E-state index contributed by atoms with van der Waals surface area (Å²) in [7, 11) is 0.578. The zero-order valence-electron chi connectivity index (χ0n) is 21.0. The Morgan fingerprint density at radius 2 is 1.86 bits per heavy atom. The van der Waals surface area contributed by atoms with Crippen molar-refractivity contribution in [2.24, 2.45) is 0 Å². The third-order valence-corrected chi connectivity index (χ3v) is 8.14. The lowest BCUT2D eigenvalue weighted by atomic mass is 9.91. The standard InChI is InChI=1S/C25H32N6O2S2/c1-7-8-15-35(32,33)29-20-12-10-9-11-18(20)23-26-27-24-19(22(25(2,3)4)28-31(23)24)16-17-13-14-21(34-17)30(5)6/h9-14,16,29H,7-8,15H2,1-6H3. The number of thiophene rings is 1. The lowest BCUT2D eigenvalue weighted by Gasteiger charge is -2.15. The second-order valence-corrected chi connectivity index (χ2v) is 12.7. The zero-order valence-corrected chi connectivity index (χ0v) is 22.7.